The van der Waals surface area contributed by atoms with Gasteiger partial charge in [0.2, 0.25) is 0 Å². The van der Waals surface area contributed by atoms with Gasteiger partial charge in [-0.3, -0.25) is 0 Å². The first kappa shape index (κ1) is 9.95. The van der Waals surface area contributed by atoms with Gasteiger partial charge in [-0.15, -0.1) is 0 Å². The average Bonchev–Trinajstić information content (AvgIpc) is 2.71. The van der Waals surface area contributed by atoms with Crippen LogP contribution >= 0.6 is 0 Å². The van der Waals surface area contributed by atoms with Crippen LogP contribution in [0, 0.1) is 5.92 Å². The summed E-state index contributed by atoms with van der Waals surface area (Å²) in [4.78, 5) is 0. The summed E-state index contributed by atoms with van der Waals surface area (Å²) in [7, 11) is 2.18. The summed E-state index contributed by atoms with van der Waals surface area (Å²) >= 11 is 0. The quantitative estimate of drug-likeness (QED) is 0.651. The molecule has 1 heterocycles. The van der Waals surface area contributed by atoms with Crippen LogP contribution in [0.5, 0.6) is 0 Å². The lowest BCUT2D eigenvalue weighted by atomic mass is 9.84. The molecular formula is C17H15N. The fourth-order valence-corrected chi connectivity index (χ4v) is 3.20. The molecule has 2 aliphatic carbocycles. The molecule has 0 radical (unpaired) electrons. The molecule has 1 aromatic carbocycles. The number of nitrogens with zero attached hydrogens (tertiary/aromatic N) is 1. The molecule has 0 fully saturated rings. The van der Waals surface area contributed by atoms with Crippen LogP contribution in [0.15, 0.2) is 54.1 Å². The minimum atomic E-state index is 0.561. The molecule has 0 saturated carbocycles. The first-order chi connectivity index (χ1) is 8.84. The minimum Gasteiger partial charge on any atom is -0.347 e. The van der Waals surface area contributed by atoms with E-state index in [0.717, 1.165) is 6.42 Å². The molecule has 2 aliphatic rings. The summed E-state index contributed by atoms with van der Waals surface area (Å²) in [6.45, 7) is 0. The molecule has 0 aliphatic heterocycles. The highest BCUT2D eigenvalue weighted by atomic mass is 15.0. The third-order valence-corrected chi connectivity index (χ3v) is 4.17. The van der Waals surface area contributed by atoms with Gasteiger partial charge in [0, 0.05) is 35.1 Å². The van der Waals surface area contributed by atoms with Crippen molar-refractivity contribution < 1.29 is 0 Å². The molecule has 0 saturated heterocycles. The minimum absolute atomic E-state index is 0.561. The van der Waals surface area contributed by atoms with Crippen LogP contribution < -0.4 is 0 Å². The third kappa shape index (κ3) is 1.22. The van der Waals surface area contributed by atoms with Crippen LogP contribution in [0.25, 0.3) is 17.0 Å². The zero-order valence-corrected chi connectivity index (χ0v) is 10.4. The number of benzene rings is 1. The van der Waals surface area contributed by atoms with Crippen LogP contribution in [-0.2, 0) is 13.5 Å². The van der Waals surface area contributed by atoms with Gasteiger partial charge in [0.05, 0.1) is 0 Å². The third-order valence-electron chi connectivity index (χ3n) is 4.17. The second-order valence-electron chi connectivity index (χ2n) is 5.14. The maximum atomic E-state index is 2.37. The molecule has 1 unspecified atom stereocenters. The van der Waals surface area contributed by atoms with E-state index < -0.39 is 0 Å². The highest BCUT2D eigenvalue weighted by Crippen LogP contribution is 2.37. The van der Waals surface area contributed by atoms with Gasteiger partial charge in [0.1, 0.15) is 0 Å². The summed E-state index contributed by atoms with van der Waals surface area (Å²) in [6, 6.07) is 8.69. The summed E-state index contributed by atoms with van der Waals surface area (Å²) in [5, 5.41) is 1.38. The maximum absolute atomic E-state index is 2.37. The van der Waals surface area contributed by atoms with Crippen molar-refractivity contribution in [1.29, 1.82) is 0 Å². The average molecular weight is 233 g/mol. The number of hydrogen-bond donors (Lipinski definition) is 0. The number of fused-ring (bicyclic) bond motifs is 4. The number of aromatic nitrogens is 1. The van der Waals surface area contributed by atoms with Gasteiger partial charge in [-0.2, -0.15) is 0 Å². The Labute approximate surface area is 107 Å². The highest BCUT2D eigenvalue weighted by Gasteiger charge is 2.23. The van der Waals surface area contributed by atoms with E-state index in [1.54, 1.807) is 0 Å². The van der Waals surface area contributed by atoms with Gasteiger partial charge in [-0.05, 0) is 24.1 Å². The van der Waals surface area contributed by atoms with E-state index >= 15 is 0 Å². The van der Waals surface area contributed by atoms with E-state index in [2.05, 4.69) is 66.3 Å². The number of rotatable bonds is 0. The Bertz CT molecular complexity index is 725. The van der Waals surface area contributed by atoms with Crippen LogP contribution in [0.3, 0.4) is 0 Å². The van der Waals surface area contributed by atoms with E-state index in [4.69, 9.17) is 0 Å². The molecule has 1 aromatic heterocycles. The molecule has 1 atom stereocenters. The Kier molecular flexibility index (Phi) is 1.93. The summed E-state index contributed by atoms with van der Waals surface area (Å²) in [5.74, 6) is 0.561. The van der Waals surface area contributed by atoms with Gasteiger partial charge >= 0.3 is 0 Å². The normalized spacial score (nSPS) is 20.7. The molecule has 0 N–H and O–H groups in total. The Morgan fingerprint density at radius 2 is 2.06 bits per heavy atom. The SMILES string of the molecule is Cn1c2c(c3ccccc31)C=C1C=CC=CC1C2. The topological polar surface area (TPSA) is 4.93 Å². The fraction of sp³-hybridized carbons (Fsp3) is 0.176. The number of aryl methyl sites for hydroxylation is 1. The standard InChI is InChI=1S/C17H15N/c1-18-16-9-5-4-8-14(16)15-10-12-6-2-3-7-13(12)11-17(15)18/h2-10,13H,11H2,1H3. The zero-order chi connectivity index (χ0) is 12.1. The van der Waals surface area contributed by atoms with Crippen molar-refractivity contribution >= 4 is 17.0 Å². The summed E-state index contributed by atoms with van der Waals surface area (Å²) in [6.07, 6.45) is 12.3. The smallest absolute Gasteiger partial charge is 0.0486 e. The fourth-order valence-electron chi connectivity index (χ4n) is 3.20. The number of allylic oxidation sites excluding steroid dienone is 5. The van der Waals surface area contributed by atoms with Gasteiger partial charge in [0.25, 0.3) is 0 Å². The zero-order valence-electron chi connectivity index (χ0n) is 10.4. The van der Waals surface area contributed by atoms with Gasteiger partial charge in [-0.25, -0.2) is 0 Å². The molecule has 0 bridgehead atoms. The Morgan fingerprint density at radius 1 is 1.17 bits per heavy atom. The predicted molar refractivity (Wildman–Crippen MR) is 76.4 cm³/mol. The van der Waals surface area contributed by atoms with Crippen molar-refractivity contribution in [2.45, 2.75) is 6.42 Å². The monoisotopic (exact) mass is 233 g/mol. The lowest BCUT2D eigenvalue weighted by molar-refractivity contribution is 0.706. The lowest BCUT2D eigenvalue weighted by Gasteiger charge is -2.22. The summed E-state index contributed by atoms with van der Waals surface area (Å²) < 4.78 is 2.35. The van der Waals surface area contributed by atoms with E-state index in [1.807, 2.05) is 0 Å². The molecule has 0 spiro atoms. The molecule has 0 amide bonds. The van der Waals surface area contributed by atoms with Crippen LogP contribution in [0.2, 0.25) is 0 Å². The van der Waals surface area contributed by atoms with Crippen molar-refractivity contribution in [2.24, 2.45) is 13.0 Å². The second kappa shape index (κ2) is 3.49. The largest absolute Gasteiger partial charge is 0.347 e. The molecule has 2 aromatic rings. The van der Waals surface area contributed by atoms with Crippen LogP contribution in [-0.4, -0.2) is 4.57 Å². The number of para-hydroxylation sites is 1. The van der Waals surface area contributed by atoms with Gasteiger partial charge in [-0.1, -0.05) is 42.5 Å². The van der Waals surface area contributed by atoms with Crippen molar-refractivity contribution in [3.8, 4) is 0 Å². The van der Waals surface area contributed by atoms with E-state index in [9.17, 15) is 0 Å². The molecule has 1 nitrogen and oxygen atoms in total. The molecule has 88 valence electrons. The van der Waals surface area contributed by atoms with E-state index in [-0.39, 0.29) is 0 Å². The van der Waals surface area contributed by atoms with Crippen molar-refractivity contribution in [3.05, 3.63) is 65.4 Å². The van der Waals surface area contributed by atoms with Crippen molar-refractivity contribution in [1.82, 2.24) is 4.57 Å². The Morgan fingerprint density at radius 3 is 3.00 bits per heavy atom. The molecular weight excluding hydrogens is 218 g/mol. The van der Waals surface area contributed by atoms with Crippen LogP contribution in [0.4, 0.5) is 0 Å². The summed E-state index contributed by atoms with van der Waals surface area (Å²) in [5.41, 5.74) is 5.66. The predicted octanol–water partition coefficient (Wildman–Crippen LogP) is 3.86. The lowest BCUT2D eigenvalue weighted by Crippen LogP contribution is -2.13. The van der Waals surface area contributed by atoms with Crippen molar-refractivity contribution in [3.63, 3.8) is 0 Å². The van der Waals surface area contributed by atoms with Crippen molar-refractivity contribution in [2.75, 3.05) is 0 Å². The Hall–Kier alpha value is -2.02. The molecule has 4 rings (SSSR count). The van der Waals surface area contributed by atoms with Gasteiger partial charge < -0.3 is 4.57 Å². The first-order valence-corrected chi connectivity index (χ1v) is 6.47. The van der Waals surface area contributed by atoms with Gasteiger partial charge in [0.15, 0.2) is 0 Å². The van der Waals surface area contributed by atoms with E-state index in [0.29, 0.717) is 5.92 Å². The maximum Gasteiger partial charge on any atom is 0.0486 e. The molecule has 18 heavy (non-hydrogen) atoms. The number of hydrogen-bond acceptors (Lipinski definition) is 0. The van der Waals surface area contributed by atoms with E-state index in [1.165, 1.54) is 27.7 Å². The Balaban J connectivity index is 2.04. The first-order valence-electron chi connectivity index (χ1n) is 6.47. The second-order valence-corrected chi connectivity index (χ2v) is 5.14. The highest BCUT2D eigenvalue weighted by molar-refractivity contribution is 5.92. The van der Waals surface area contributed by atoms with Crippen LogP contribution in [0.1, 0.15) is 11.3 Å². The molecule has 1 heteroatoms.